The fraction of sp³-hybridized carbons (Fsp3) is 0.619. The van der Waals surface area contributed by atoms with Crippen molar-refractivity contribution in [1.82, 2.24) is 0 Å². The number of allylic oxidation sites excluding steroid dienone is 1. The van der Waals surface area contributed by atoms with E-state index in [0.717, 1.165) is 12.8 Å². The van der Waals surface area contributed by atoms with Crippen LogP contribution in [0.15, 0.2) is 46.7 Å². The minimum atomic E-state index is -0.372. The van der Waals surface area contributed by atoms with Gasteiger partial charge in [0.1, 0.15) is 0 Å². The quantitative estimate of drug-likeness (QED) is 0.263. The molecule has 1 rings (SSSR count). The van der Waals surface area contributed by atoms with E-state index in [1.54, 1.807) is 11.8 Å². The molecule has 1 aromatic rings. The van der Waals surface area contributed by atoms with Gasteiger partial charge in [-0.15, -0.1) is 0 Å². The maximum absolute atomic E-state index is 8.86. The third-order valence-electron chi connectivity index (χ3n) is 3.95. The summed E-state index contributed by atoms with van der Waals surface area (Å²) in [5.74, 6) is -0.372. The fourth-order valence-electron chi connectivity index (χ4n) is 2.56. The lowest BCUT2D eigenvalue weighted by atomic mass is 9.95. The van der Waals surface area contributed by atoms with Gasteiger partial charge in [-0.1, -0.05) is 101 Å². The average molecular weight is 320 g/mol. The van der Waals surface area contributed by atoms with E-state index >= 15 is 0 Å². The highest BCUT2D eigenvalue weighted by atomic mass is 32.2. The second-order valence-corrected chi connectivity index (χ2v) is 6.99. The monoisotopic (exact) mass is 319 g/mol. The second kappa shape index (κ2) is 13.9. The van der Waals surface area contributed by atoms with Gasteiger partial charge in [-0.25, -0.2) is 0 Å². The van der Waals surface area contributed by atoms with Crippen LogP contribution in [0.25, 0.3) is 0 Å². The molecule has 0 aromatic heterocycles. The summed E-state index contributed by atoms with van der Waals surface area (Å²) in [4.78, 5) is 1.25. The first-order valence-electron chi connectivity index (χ1n) is 9.59. The highest BCUT2D eigenvalue weighted by Gasteiger charge is 2.04. The number of hydrogen-bond acceptors (Lipinski definition) is 1. The van der Waals surface area contributed by atoms with Gasteiger partial charge >= 0.3 is 0 Å². The summed E-state index contributed by atoms with van der Waals surface area (Å²) in [6.07, 6.45) is 14.2. The van der Waals surface area contributed by atoms with Crippen LogP contribution in [-0.2, 0) is 0 Å². The van der Waals surface area contributed by atoms with Crippen LogP contribution in [0.4, 0.5) is 0 Å². The molecule has 0 aliphatic carbocycles. The lowest BCUT2D eigenvalue weighted by Crippen LogP contribution is -1.97. The van der Waals surface area contributed by atoms with Gasteiger partial charge in [0.15, 0.2) is 0 Å². The molecule has 22 heavy (non-hydrogen) atoms. The predicted octanol–water partition coefficient (Wildman–Crippen LogP) is 7.85. The van der Waals surface area contributed by atoms with E-state index in [9.17, 15) is 0 Å². The van der Waals surface area contributed by atoms with E-state index in [2.05, 4.69) is 49.6 Å². The highest BCUT2D eigenvalue weighted by molar-refractivity contribution is 8.02. The minimum Gasteiger partial charge on any atom is -0.0984 e. The maximum Gasteiger partial charge on any atom is 0.0346 e. The molecule has 1 heteroatoms. The molecule has 0 spiro atoms. The zero-order chi connectivity index (χ0) is 16.8. The van der Waals surface area contributed by atoms with Gasteiger partial charge in [-0.2, -0.15) is 0 Å². The van der Waals surface area contributed by atoms with Crippen LogP contribution in [0.2, 0.25) is 0 Å². The van der Waals surface area contributed by atoms with Crippen molar-refractivity contribution >= 4 is 11.8 Å². The van der Waals surface area contributed by atoms with E-state index < -0.39 is 0 Å². The summed E-state index contributed by atoms with van der Waals surface area (Å²) in [6, 6.07) is 10.4. The molecule has 0 fully saturated rings. The minimum absolute atomic E-state index is 0.372. The molecule has 0 aliphatic heterocycles. The zero-order valence-electron chi connectivity index (χ0n) is 15.5. The lowest BCUT2D eigenvalue weighted by Gasteiger charge is -2.12. The Balaban J connectivity index is 2.50. The standard InChI is InChI=1S/C21H34S/c1-3-5-7-10-14-20(15-11-8-6-4-2)18-19-22-21-16-12-9-13-17-21/h9,12-13,16-20H,3-8,10-11,14-15H2,1-2H3/b19-18+/i20D. The van der Waals surface area contributed by atoms with Gasteiger partial charge < -0.3 is 0 Å². The number of thioether (sulfide) groups is 1. The Kier molecular flexibility index (Phi) is 11.2. The van der Waals surface area contributed by atoms with Crippen molar-refractivity contribution in [2.75, 3.05) is 0 Å². The Morgan fingerprint density at radius 2 is 1.50 bits per heavy atom. The molecule has 0 unspecified atom stereocenters. The first-order chi connectivity index (χ1) is 11.2. The predicted molar refractivity (Wildman–Crippen MR) is 102 cm³/mol. The van der Waals surface area contributed by atoms with E-state index in [0.29, 0.717) is 0 Å². The third kappa shape index (κ3) is 10.1. The number of unbranched alkanes of at least 4 members (excludes halogenated alkanes) is 6. The summed E-state index contributed by atoms with van der Waals surface area (Å²) in [6.45, 7) is 4.49. The number of rotatable bonds is 13. The molecule has 0 heterocycles. The van der Waals surface area contributed by atoms with Crippen LogP contribution in [0, 0.1) is 5.89 Å². The molecule has 0 atom stereocenters. The first kappa shape index (κ1) is 17.7. The molecule has 0 amide bonds. The van der Waals surface area contributed by atoms with E-state index in [1.807, 2.05) is 6.07 Å². The molecule has 0 saturated carbocycles. The van der Waals surface area contributed by atoms with E-state index in [1.165, 1.54) is 56.3 Å². The summed E-state index contributed by atoms with van der Waals surface area (Å²) in [7, 11) is 0. The van der Waals surface area contributed by atoms with Crippen LogP contribution >= 0.6 is 11.8 Å². The smallest absolute Gasteiger partial charge is 0.0346 e. The number of benzene rings is 1. The summed E-state index contributed by atoms with van der Waals surface area (Å²) in [5.41, 5.74) is 0. The third-order valence-corrected chi connectivity index (χ3v) is 4.77. The molecular formula is C21H34S. The van der Waals surface area contributed by atoms with E-state index in [-0.39, 0.29) is 5.89 Å². The Morgan fingerprint density at radius 1 is 0.909 bits per heavy atom. The zero-order valence-corrected chi connectivity index (χ0v) is 15.3. The van der Waals surface area contributed by atoms with Crippen molar-refractivity contribution in [3.63, 3.8) is 0 Å². The van der Waals surface area contributed by atoms with Crippen LogP contribution in [0.1, 0.15) is 79.4 Å². The fourth-order valence-corrected chi connectivity index (χ4v) is 3.29. The van der Waals surface area contributed by atoms with Gasteiger partial charge in [0.2, 0.25) is 0 Å². The molecule has 124 valence electrons. The van der Waals surface area contributed by atoms with Crippen molar-refractivity contribution in [2.24, 2.45) is 5.89 Å². The van der Waals surface area contributed by atoms with Crippen LogP contribution in [0.3, 0.4) is 0 Å². The van der Waals surface area contributed by atoms with Crippen molar-refractivity contribution in [2.45, 2.75) is 83.0 Å². The van der Waals surface area contributed by atoms with Crippen molar-refractivity contribution in [1.29, 1.82) is 0 Å². The van der Waals surface area contributed by atoms with Crippen LogP contribution in [-0.4, -0.2) is 0 Å². The Hall–Kier alpha value is -0.690. The SMILES string of the molecule is [2H]C(/C=C/Sc1ccccc1)(CCCCCC)CCCCCC. The van der Waals surface area contributed by atoms with Gasteiger partial charge in [0.05, 0.1) is 0 Å². The second-order valence-electron chi connectivity index (χ2n) is 6.01. The largest absolute Gasteiger partial charge is 0.0984 e. The van der Waals surface area contributed by atoms with Gasteiger partial charge in [-0.3, -0.25) is 0 Å². The van der Waals surface area contributed by atoms with Gasteiger partial charge in [0, 0.05) is 6.27 Å². The van der Waals surface area contributed by atoms with E-state index in [4.69, 9.17) is 1.37 Å². The van der Waals surface area contributed by atoms with Crippen LogP contribution in [0.5, 0.6) is 0 Å². The summed E-state index contributed by atoms with van der Waals surface area (Å²) < 4.78 is 8.86. The topological polar surface area (TPSA) is 0 Å². The maximum atomic E-state index is 8.86. The molecular weight excluding hydrogens is 284 g/mol. The molecule has 0 N–H and O–H groups in total. The molecule has 0 bridgehead atoms. The summed E-state index contributed by atoms with van der Waals surface area (Å²) >= 11 is 1.73. The normalized spacial score (nSPS) is 12.7. The van der Waals surface area contributed by atoms with Crippen molar-refractivity contribution < 1.29 is 1.37 Å². The molecule has 0 nitrogen and oxygen atoms in total. The van der Waals surface area contributed by atoms with Crippen LogP contribution < -0.4 is 0 Å². The molecule has 0 saturated heterocycles. The molecule has 0 radical (unpaired) electrons. The molecule has 0 aliphatic rings. The van der Waals surface area contributed by atoms with Gasteiger partial charge in [0.25, 0.3) is 0 Å². The van der Waals surface area contributed by atoms with Crippen molar-refractivity contribution in [3.8, 4) is 0 Å². The van der Waals surface area contributed by atoms with Gasteiger partial charge in [-0.05, 0) is 36.3 Å². The average Bonchev–Trinajstić information content (AvgIpc) is 2.57. The first-order valence-corrected chi connectivity index (χ1v) is 9.97. The Morgan fingerprint density at radius 3 is 2.05 bits per heavy atom. The Labute approximate surface area is 144 Å². The molecule has 1 aromatic carbocycles. The highest BCUT2D eigenvalue weighted by Crippen LogP contribution is 2.24. The number of hydrogen-bond donors (Lipinski definition) is 0. The Bertz CT molecular complexity index is 401. The summed E-state index contributed by atoms with van der Waals surface area (Å²) in [5, 5.41) is 2.14. The lowest BCUT2D eigenvalue weighted by molar-refractivity contribution is 0.473. The van der Waals surface area contributed by atoms with Crippen molar-refractivity contribution in [3.05, 3.63) is 41.8 Å².